The maximum Gasteiger partial charge on any atom is 0.239 e. The lowest BCUT2D eigenvalue weighted by molar-refractivity contribution is -0.135. The minimum atomic E-state index is -0.0329. The number of halogens is 1. The molecule has 2 atom stereocenters. The third kappa shape index (κ3) is 7.55. The molecule has 0 radical (unpaired) electrons. The number of piperazine rings is 1. The van der Waals surface area contributed by atoms with E-state index in [0.717, 1.165) is 64.6 Å². The van der Waals surface area contributed by atoms with Gasteiger partial charge in [0.05, 0.1) is 18.6 Å². The second kappa shape index (κ2) is 13.5. The predicted octanol–water partition coefficient (Wildman–Crippen LogP) is 2.81. The molecule has 1 amide bonds. The number of aryl methyl sites for hydroxylation is 1. The van der Waals surface area contributed by atoms with Gasteiger partial charge in [0, 0.05) is 45.8 Å². The summed E-state index contributed by atoms with van der Waals surface area (Å²) in [5.74, 6) is 1.27. The van der Waals surface area contributed by atoms with Crippen molar-refractivity contribution in [3.05, 3.63) is 35.4 Å². The van der Waals surface area contributed by atoms with E-state index < -0.39 is 0 Å². The van der Waals surface area contributed by atoms with Crippen molar-refractivity contribution in [2.45, 2.75) is 45.7 Å². The number of hydrogen-bond acceptors (Lipinski definition) is 4. The van der Waals surface area contributed by atoms with Crippen LogP contribution in [0.3, 0.4) is 0 Å². The Morgan fingerprint density at radius 1 is 1.03 bits per heavy atom. The summed E-state index contributed by atoms with van der Waals surface area (Å²) in [7, 11) is 4.23. The lowest BCUT2D eigenvalue weighted by atomic mass is 10.0. The normalized spacial score (nSPS) is 19.4. The zero-order chi connectivity index (χ0) is 23.1. The fraction of sp³-hybridized carbons (Fsp3) is 0.680. The van der Waals surface area contributed by atoms with Crippen LogP contribution in [0.1, 0.15) is 43.9 Å². The summed E-state index contributed by atoms with van der Waals surface area (Å²) in [6.07, 6.45) is 2.29. The summed E-state index contributed by atoms with van der Waals surface area (Å²) in [5, 5.41) is 3.48. The van der Waals surface area contributed by atoms with Crippen molar-refractivity contribution in [2.24, 2.45) is 4.99 Å². The van der Waals surface area contributed by atoms with E-state index in [1.54, 1.807) is 0 Å². The molecule has 186 valence electrons. The molecule has 2 aliphatic heterocycles. The summed E-state index contributed by atoms with van der Waals surface area (Å²) in [4.78, 5) is 26.8. The van der Waals surface area contributed by atoms with Crippen molar-refractivity contribution in [3.8, 4) is 0 Å². The fourth-order valence-electron chi connectivity index (χ4n) is 4.63. The van der Waals surface area contributed by atoms with Crippen LogP contribution in [0.25, 0.3) is 0 Å². The number of carbonyl (C=O) groups is 1. The molecule has 2 saturated heterocycles. The summed E-state index contributed by atoms with van der Waals surface area (Å²) in [5.41, 5.74) is 2.57. The van der Waals surface area contributed by atoms with Gasteiger partial charge in [0.1, 0.15) is 0 Å². The Bertz CT molecular complexity index is 755. The standard InChI is InChI=1S/C25H42N6O.HI/c1-6-26-25(27-19-23(28(4)5)22-11-9-20(2)10-12-22)31-17-15-29(16-18-31)21(3)24(32)30-13-7-8-14-30;/h9-12,21,23H,6-8,13-19H2,1-5H3,(H,26,27);1H. The van der Waals surface area contributed by atoms with Crippen LogP contribution >= 0.6 is 24.0 Å². The average molecular weight is 571 g/mol. The van der Waals surface area contributed by atoms with Gasteiger partial charge < -0.3 is 20.0 Å². The van der Waals surface area contributed by atoms with Gasteiger partial charge in [0.25, 0.3) is 0 Å². The molecule has 8 heteroatoms. The summed E-state index contributed by atoms with van der Waals surface area (Å²) in [6, 6.07) is 8.97. The molecule has 7 nitrogen and oxygen atoms in total. The largest absolute Gasteiger partial charge is 0.357 e. The third-order valence-electron chi connectivity index (χ3n) is 6.77. The Labute approximate surface area is 217 Å². The van der Waals surface area contributed by atoms with Crippen molar-refractivity contribution in [1.29, 1.82) is 0 Å². The second-order valence-electron chi connectivity index (χ2n) is 9.32. The number of nitrogens with zero attached hydrogens (tertiary/aromatic N) is 5. The Kier molecular flexibility index (Phi) is 11.4. The van der Waals surface area contributed by atoms with Gasteiger partial charge in [-0.05, 0) is 53.3 Å². The van der Waals surface area contributed by atoms with Crippen LogP contribution in [0, 0.1) is 6.92 Å². The number of amides is 1. The van der Waals surface area contributed by atoms with Crippen LogP contribution in [0.15, 0.2) is 29.3 Å². The highest BCUT2D eigenvalue weighted by molar-refractivity contribution is 14.0. The molecular formula is C25H43IN6O. The first kappa shape index (κ1) is 27.9. The quantitative estimate of drug-likeness (QED) is 0.311. The number of carbonyl (C=O) groups excluding carboxylic acids is 1. The van der Waals surface area contributed by atoms with E-state index in [9.17, 15) is 4.79 Å². The second-order valence-corrected chi connectivity index (χ2v) is 9.32. The van der Waals surface area contributed by atoms with Crippen LogP contribution in [0.2, 0.25) is 0 Å². The summed E-state index contributed by atoms with van der Waals surface area (Å²) >= 11 is 0. The minimum absolute atomic E-state index is 0. The lowest BCUT2D eigenvalue weighted by Crippen LogP contribution is -2.57. The topological polar surface area (TPSA) is 54.4 Å². The first-order valence-electron chi connectivity index (χ1n) is 12.2. The first-order chi connectivity index (χ1) is 15.4. The highest BCUT2D eigenvalue weighted by atomic mass is 127. The van der Waals surface area contributed by atoms with E-state index in [-0.39, 0.29) is 36.1 Å². The van der Waals surface area contributed by atoms with Crippen LogP contribution in [0.4, 0.5) is 0 Å². The van der Waals surface area contributed by atoms with E-state index in [0.29, 0.717) is 12.5 Å². The number of likely N-dealkylation sites (tertiary alicyclic amines) is 1. The molecule has 0 aliphatic carbocycles. The van der Waals surface area contributed by atoms with Crippen molar-refractivity contribution in [2.75, 3.05) is 66.5 Å². The molecule has 1 aromatic carbocycles. The van der Waals surface area contributed by atoms with Gasteiger partial charge in [-0.15, -0.1) is 24.0 Å². The van der Waals surface area contributed by atoms with Gasteiger partial charge in [0.15, 0.2) is 5.96 Å². The molecule has 2 unspecified atom stereocenters. The summed E-state index contributed by atoms with van der Waals surface area (Å²) < 4.78 is 0. The molecule has 3 rings (SSSR count). The van der Waals surface area contributed by atoms with Gasteiger partial charge in [-0.1, -0.05) is 29.8 Å². The lowest BCUT2D eigenvalue weighted by Gasteiger charge is -2.39. The van der Waals surface area contributed by atoms with E-state index in [1.807, 2.05) is 4.90 Å². The Hall–Kier alpha value is -1.39. The van der Waals surface area contributed by atoms with Gasteiger partial charge in [-0.25, -0.2) is 0 Å². The maximum absolute atomic E-state index is 12.8. The maximum atomic E-state index is 12.8. The highest BCUT2D eigenvalue weighted by Gasteiger charge is 2.30. The molecule has 0 bridgehead atoms. The minimum Gasteiger partial charge on any atom is -0.357 e. The van der Waals surface area contributed by atoms with Crippen molar-refractivity contribution < 1.29 is 4.79 Å². The number of benzene rings is 1. The molecule has 2 aliphatic rings. The molecule has 1 N–H and O–H groups in total. The van der Waals surface area contributed by atoms with Crippen LogP contribution in [-0.4, -0.2) is 104 Å². The highest BCUT2D eigenvalue weighted by Crippen LogP contribution is 2.20. The van der Waals surface area contributed by atoms with Crippen LogP contribution in [-0.2, 0) is 4.79 Å². The third-order valence-corrected chi connectivity index (χ3v) is 6.77. The van der Waals surface area contributed by atoms with E-state index in [4.69, 9.17) is 4.99 Å². The molecule has 0 saturated carbocycles. The van der Waals surface area contributed by atoms with Gasteiger partial charge in [0.2, 0.25) is 5.91 Å². The number of hydrogen-bond donors (Lipinski definition) is 1. The number of nitrogens with one attached hydrogen (secondary N) is 1. The molecule has 2 heterocycles. The molecule has 0 aromatic heterocycles. The Morgan fingerprint density at radius 3 is 2.18 bits per heavy atom. The number of likely N-dealkylation sites (N-methyl/N-ethyl adjacent to an activating group) is 1. The first-order valence-corrected chi connectivity index (χ1v) is 12.2. The molecule has 1 aromatic rings. The van der Waals surface area contributed by atoms with Crippen molar-refractivity contribution in [1.82, 2.24) is 24.9 Å². The van der Waals surface area contributed by atoms with Crippen LogP contribution in [0.5, 0.6) is 0 Å². The number of rotatable bonds is 7. The smallest absolute Gasteiger partial charge is 0.239 e. The molecule has 33 heavy (non-hydrogen) atoms. The van der Waals surface area contributed by atoms with Crippen molar-refractivity contribution >= 4 is 35.8 Å². The fourth-order valence-corrected chi connectivity index (χ4v) is 4.63. The van der Waals surface area contributed by atoms with Gasteiger partial charge in [-0.2, -0.15) is 0 Å². The average Bonchev–Trinajstić information content (AvgIpc) is 3.33. The van der Waals surface area contributed by atoms with Gasteiger partial charge >= 0.3 is 0 Å². The van der Waals surface area contributed by atoms with Crippen LogP contribution < -0.4 is 5.32 Å². The number of guanidine groups is 1. The van der Waals surface area contributed by atoms with E-state index >= 15 is 0 Å². The molecular weight excluding hydrogens is 527 g/mol. The predicted molar refractivity (Wildman–Crippen MR) is 147 cm³/mol. The Balaban J connectivity index is 0.00000385. The number of aliphatic imine (C=N–C) groups is 1. The summed E-state index contributed by atoms with van der Waals surface area (Å²) in [6.45, 7) is 13.3. The monoisotopic (exact) mass is 570 g/mol. The zero-order valence-corrected chi connectivity index (χ0v) is 23.4. The molecule has 0 spiro atoms. The van der Waals surface area contributed by atoms with E-state index in [1.165, 1.54) is 11.1 Å². The van der Waals surface area contributed by atoms with Gasteiger partial charge in [-0.3, -0.25) is 14.7 Å². The van der Waals surface area contributed by atoms with Crippen molar-refractivity contribution in [3.63, 3.8) is 0 Å². The zero-order valence-electron chi connectivity index (χ0n) is 21.1. The van der Waals surface area contributed by atoms with E-state index in [2.05, 4.69) is 79.1 Å². The molecule has 2 fully saturated rings. The Morgan fingerprint density at radius 2 is 1.64 bits per heavy atom. The SMILES string of the molecule is CCNC(=NCC(c1ccc(C)cc1)N(C)C)N1CCN(C(C)C(=O)N2CCCC2)CC1.I.